The third-order valence-corrected chi connectivity index (χ3v) is 3.83. The van der Waals surface area contributed by atoms with Crippen LogP contribution in [0.2, 0.25) is 0 Å². The minimum atomic E-state index is -0.669. The molecule has 2 rings (SSSR count). The van der Waals surface area contributed by atoms with E-state index in [1.165, 1.54) is 19.6 Å². The van der Waals surface area contributed by atoms with Gasteiger partial charge in [-0.15, -0.1) is 0 Å². The lowest BCUT2D eigenvalue weighted by Gasteiger charge is -2.17. The Hall–Kier alpha value is -2.48. The predicted octanol–water partition coefficient (Wildman–Crippen LogP) is 2.17. The van der Waals surface area contributed by atoms with E-state index in [9.17, 15) is 9.59 Å². The lowest BCUT2D eigenvalue weighted by atomic mass is 10.2. The van der Waals surface area contributed by atoms with E-state index in [0.29, 0.717) is 18.0 Å². The second-order valence-corrected chi connectivity index (χ2v) is 5.85. The predicted molar refractivity (Wildman–Crippen MR) is 92.4 cm³/mol. The van der Waals surface area contributed by atoms with Gasteiger partial charge >= 0.3 is 0 Å². The van der Waals surface area contributed by atoms with E-state index in [1.807, 2.05) is 6.26 Å². The first-order chi connectivity index (χ1) is 11.6. The highest BCUT2D eigenvalue weighted by atomic mass is 32.2. The highest BCUT2D eigenvalue weighted by Crippen LogP contribution is 2.12. The van der Waals surface area contributed by atoms with Crippen molar-refractivity contribution in [2.75, 3.05) is 24.4 Å². The molecule has 0 fully saturated rings. The van der Waals surface area contributed by atoms with Crippen molar-refractivity contribution < 1.29 is 18.7 Å². The van der Waals surface area contributed by atoms with Gasteiger partial charge in [0.1, 0.15) is 6.04 Å². The Morgan fingerprint density at radius 2 is 2.21 bits per heavy atom. The molecule has 0 saturated carbocycles. The van der Waals surface area contributed by atoms with Crippen LogP contribution < -0.4 is 15.4 Å². The number of rotatable bonds is 8. The number of furan rings is 1. The fourth-order valence-corrected chi connectivity index (χ4v) is 2.42. The summed E-state index contributed by atoms with van der Waals surface area (Å²) in [5.74, 6) is 0.628. The number of aromatic nitrogens is 1. The zero-order valence-electron chi connectivity index (χ0n) is 13.4. The van der Waals surface area contributed by atoms with E-state index in [2.05, 4.69) is 15.6 Å². The van der Waals surface area contributed by atoms with Gasteiger partial charge in [0.15, 0.2) is 5.76 Å². The minimum absolute atomic E-state index is 0.170. The first-order valence-corrected chi connectivity index (χ1v) is 8.67. The van der Waals surface area contributed by atoms with Crippen molar-refractivity contribution in [1.29, 1.82) is 0 Å². The largest absolute Gasteiger partial charge is 0.481 e. The number of thioether (sulfide) groups is 1. The van der Waals surface area contributed by atoms with E-state index < -0.39 is 11.9 Å². The SMILES string of the molecule is COc1ccc(NC(=O)C(CCSC)NC(=O)c2ccco2)cn1. The molecule has 128 valence electrons. The molecular weight excluding hydrogens is 330 g/mol. The fraction of sp³-hybridized carbons (Fsp3) is 0.312. The number of hydrogen-bond acceptors (Lipinski definition) is 6. The molecule has 0 aliphatic rings. The molecule has 0 aromatic carbocycles. The van der Waals surface area contributed by atoms with E-state index in [-0.39, 0.29) is 11.7 Å². The molecule has 0 saturated heterocycles. The molecule has 0 aliphatic heterocycles. The van der Waals surface area contributed by atoms with Gasteiger partial charge in [0, 0.05) is 6.07 Å². The molecular formula is C16H19N3O4S. The molecule has 1 atom stereocenters. The first-order valence-electron chi connectivity index (χ1n) is 7.28. The minimum Gasteiger partial charge on any atom is -0.481 e. The van der Waals surface area contributed by atoms with Crippen LogP contribution in [-0.2, 0) is 4.79 Å². The van der Waals surface area contributed by atoms with Crippen LogP contribution in [0.3, 0.4) is 0 Å². The molecule has 0 aliphatic carbocycles. The average Bonchev–Trinajstić information content (AvgIpc) is 3.13. The number of ether oxygens (including phenoxy) is 1. The average molecular weight is 349 g/mol. The summed E-state index contributed by atoms with van der Waals surface area (Å²) in [5.41, 5.74) is 0.530. The number of nitrogens with zero attached hydrogens (tertiary/aromatic N) is 1. The van der Waals surface area contributed by atoms with Gasteiger partial charge in [-0.3, -0.25) is 9.59 Å². The number of hydrogen-bond donors (Lipinski definition) is 2. The number of carbonyl (C=O) groups is 2. The molecule has 2 aromatic rings. The van der Waals surface area contributed by atoms with Crippen molar-refractivity contribution in [1.82, 2.24) is 10.3 Å². The maximum Gasteiger partial charge on any atom is 0.287 e. The van der Waals surface area contributed by atoms with Crippen molar-refractivity contribution >= 4 is 29.3 Å². The lowest BCUT2D eigenvalue weighted by molar-refractivity contribution is -0.118. The summed E-state index contributed by atoms with van der Waals surface area (Å²) in [7, 11) is 1.52. The maximum absolute atomic E-state index is 12.5. The van der Waals surface area contributed by atoms with Gasteiger partial charge in [0.2, 0.25) is 11.8 Å². The van der Waals surface area contributed by atoms with Crippen molar-refractivity contribution in [3.05, 3.63) is 42.5 Å². The third-order valence-electron chi connectivity index (χ3n) is 3.19. The summed E-state index contributed by atoms with van der Waals surface area (Å²) in [6, 6.07) is 5.83. The quantitative estimate of drug-likeness (QED) is 0.759. The molecule has 2 N–H and O–H groups in total. The van der Waals surface area contributed by atoms with Gasteiger partial charge < -0.3 is 19.8 Å². The molecule has 1 unspecified atom stereocenters. The summed E-state index contributed by atoms with van der Waals surface area (Å²) in [5, 5.41) is 5.43. The molecule has 2 heterocycles. The Morgan fingerprint density at radius 1 is 1.38 bits per heavy atom. The summed E-state index contributed by atoms with van der Waals surface area (Å²) < 4.78 is 10.0. The number of nitrogens with one attached hydrogen (secondary N) is 2. The van der Waals surface area contributed by atoms with Gasteiger partial charge in [-0.05, 0) is 36.6 Å². The van der Waals surface area contributed by atoms with Crippen molar-refractivity contribution in [3.8, 4) is 5.88 Å². The third kappa shape index (κ3) is 5.02. The Balaban J connectivity index is 2.02. The van der Waals surface area contributed by atoms with Crippen LogP contribution in [0.1, 0.15) is 17.0 Å². The number of amides is 2. The molecule has 8 heteroatoms. The van der Waals surface area contributed by atoms with Gasteiger partial charge in [-0.2, -0.15) is 11.8 Å². The van der Waals surface area contributed by atoms with Crippen molar-refractivity contribution in [2.24, 2.45) is 0 Å². The number of anilines is 1. The summed E-state index contributed by atoms with van der Waals surface area (Å²) in [6.45, 7) is 0. The highest BCUT2D eigenvalue weighted by Gasteiger charge is 2.22. The van der Waals surface area contributed by atoms with Crippen LogP contribution in [-0.4, -0.2) is 42.0 Å². The highest BCUT2D eigenvalue weighted by molar-refractivity contribution is 7.98. The normalized spacial score (nSPS) is 11.6. The second kappa shape index (κ2) is 8.97. The maximum atomic E-state index is 12.5. The van der Waals surface area contributed by atoms with Crippen LogP contribution in [0.25, 0.3) is 0 Å². The first kappa shape index (κ1) is 17.9. The van der Waals surface area contributed by atoms with E-state index >= 15 is 0 Å². The summed E-state index contributed by atoms with van der Waals surface area (Å²) in [6.07, 6.45) is 5.35. The van der Waals surface area contributed by atoms with E-state index in [0.717, 1.165) is 5.75 Å². The number of pyridine rings is 1. The van der Waals surface area contributed by atoms with Crippen LogP contribution in [0, 0.1) is 0 Å². The van der Waals surface area contributed by atoms with Gasteiger partial charge in [-0.25, -0.2) is 4.98 Å². The smallest absolute Gasteiger partial charge is 0.287 e. The van der Waals surface area contributed by atoms with E-state index in [4.69, 9.17) is 9.15 Å². The van der Waals surface area contributed by atoms with Crippen molar-refractivity contribution in [3.63, 3.8) is 0 Å². The van der Waals surface area contributed by atoms with Crippen LogP contribution in [0.4, 0.5) is 5.69 Å². The van der Waals surface area contributed by atoms with Crippen LogP contribution in [0.15, 0.2) is 41.1 Å². The monoisotopic (exact) mass is 349 g/mol. The molecule has 7 nitrogen and oxygen atoms in total. The Bertz CT molecular complexity index is 658. The Morgan fingerprint density at radius 3 is 2.79 bits per heavy atom. The number of carbonyl (C=O) groups excluding carboxylic acids is 2. The molecule has 2 amide bonds. The molecule has 2 aromatic heterocycles. The van der Waals surface area contributed by atoms with E-state index in [1.54, 1.807) is 36.0 Å². The van der Waals surface area contributed by atoms with Crippen LogP contribution >= 0.6 is 11.8 Å². The van der Waals surface area contributed by atoms with Gasteiger partial charge in [-0.1, -0.05) is 0 Å². The zero-order chi connectivity index (χ0) is 17.4. The summed E-state index contributed by atoms with van der Waals surface area (Å²) in [4.78, 5) is 28.6. The summed E-state index contributed by atoms with van der Waals surface area (Å²) >= 11 is 1.60. The molecule has 0 spiro atoms. The number of methoxy groups -OCH3 is 1. The standard InChI is InChI=1S/C16H19N3O4S/c1-22-14-6-5-11(10-17-14)18-15(20)12(7-9-24-2)19-16(21)13-4-3-8-23-13/h3-6,8,10,12H,7,9H2,1-2H3,(H,18,20)(H,19,21). The van der Waals surface area contributed by atoms with Crippen LogP contribution in [0.5, 0.6) is 5.88 Å². The Labute approximate surface area is 144 Å². The molecule has 24 heavy (non-hydrogen) atoms. The topological polar surface area (TPSA) is 93.5 Å². The van der Waals surface area contributed by atoms with Crippen molar-refractivity contribution in [2.45, 2.75) is 12.5 Å². The Kier molecular flexibility index (Phi) is 6.68. The van der Waals surface area contributed by atoms with Gasteiger partial charge in [0.05, 0.1) is 25.3 Å². The van der Waals surface area contributed by atoms with Gasteiger partial charge in [0.25, 0.3) is 5.91 Å². The lowest BCUT2D eigenvalue weighted by Crippen LogP contribution is -2.44. The molecule has 0 radical (unpaired) electrons. The second-order valence-electron chi connectivity index (χ2n) is 4.86. The molecule has 0 bridgehead atoms. The fourth-order valence-electron chi connectivity index (χ4n) is 1.95. The zero-order valence-corrected chi connectivity index (χ0v) is 14.3.